The van der Waals surface area contributed by atoms with Gasteiger partial charge in [0.15, 0.2) is 11.6 Å². The molecule has 0 aliphatic rings. The molecule has 6 heteroatoms. The van der Waals surface area contributed by atoms with Crippen molar-refractivity contribution in [2.75, 3.05) is 17.2 Å². The highest BCUT2D eigenvalue weighted by Gasteiger charge is 2.05. The highest BCUT2D eigenvalue weighted by atomic mass is 16.5. The van der Waals surface area contributed by atoms with E-state index in [1.54, 1.807) is 37.3 Å². The zero-order valence-electron chi connectivity index (χ0n) is 11.3. The van der Waals surface area contributed by atoms with Gasteiger partial charge in [-0.2, -0.15) is 0 Å². The van der Waals surface area contributed by atoms with Gasteiger partial charge in [-0.15, -0.1) is 0 Å². The lowest BCUT2D eigenvalue weighted by Gasteiger charge is -2.06. The summed E-state index contributed by atoms with van der Waals surface area (Å²) in [6, 6.07) is 8.43. The Morgan fingerprint density at radius 3 is 2.50 bits per heavy atom. The zero-order chi connectivity index (χ0) is 14.5. The van der Waals surface area contributed by atoms with E-state index in [0.29, 0.717) is 22.8 Å². The van der Waals surface area contributed by atoms with Crippen molar-refractivity contribution in [2.45, 2.75) is 13.8 Å². The Balaban J connectivity index is 1.86. The minimum Gasteiger partial charge on any atom is -0.360 e. The Labute approximate surface area is 116 Å². The Morgan fingerprint density at radius 1 is 1.25 bits per heavy atom. The van der Waals surface area contributed by atoms with Crippen molar-refractivity contribution in [1.82, 2.24) is 5.16 Å². The molecule has 20 heavy (non-hydrogen) atoms. The van der Waals surface area contributed by atoms with E-state index in [2.05, 4.69) is 15.8 Å². The summed E-state index contributed by atoms with van der Waals surface area (Å²) in [5.74, 6) is 0.976. The minimum absolute atomic E-state index is 0.00838. The summed E-state index contributed by atoms with van der Waals surface area (Å²) in [6.45, 7) is 3.35. The quantitative estimate of drug-likeness (QED) is 0.816. The van der Waals surface area contributed by atoms with Crippen LogP contribution in [0.5, 0.6) is 0 Å². The molecule has 0 fully saturated rings. The summed E-state index contributed by atoms with van der Waals surface area (Å²) in [5, 5.41) is 9.28. The molecule has 0 radical (unpaired) electrons. The van der Waals surface area contributed by atoms with Crippen LogP contribution in [0.25, 0.3) is 0 Å². The Kier molecular flexibility index (Phi) is 4.14. The summed E-state index contributed by atoms with van der Waals surface area (Å²) in [4.78, 5) is 22.8. The largest absolute Gasteiger partial charge is 0.360 e. The number of ketones is 1. The third-order valence-electron chi connectivity index (χ3n) is 2.63. The maximum Gasteiger partial charge on any atom is 0.243 e. The van der Waals surface area contributed by atoms with Gasteiger partial charge in [-0.25, -0.2) is 0 Å². The molecule has 0 unspecified atom stereocenters. The van der Waals surface area contributed by atoms with E-state index in [1.807, 2.05) is 0 Å². The van der Waals surface area contributed by atoms with Crippen molar-refractivity contribution in [3.63, 3.8) is 0 Å². The highest BCUT2D eigenvalue weighted by Crippen LogP contribution is 2.10. The van der Waals surface area contributed by atoms with Crippen LogP contribution in [0, 0.1) is 6.92 Å². The summed E-state index contributed by atoms with van der Waals surface area (Å²) in [5.41, 5.74) is 1.25. The normalized spacial score (nSPS) is 10.1. The number of hydrogen-bond acceptors (Lipinski definition) is 5. The van der Waals surface area contributed by atoms with Crippen molar-refractivity contribution < 1.29 is 14.1 Å². The molecule has 0 bridgehead atoms. The first-order valence-corrected chi connectivity index (χ1v) is 6.12. The number of rotatable bonds is 5. The maximum atomic E-state index is 11.7. The van der Waals surface area contributed by atoms with Crippen molar-refractivity contribution in [1.29, 1.82) is 0 Å². The molecule has 0 atom stereocenters. The third kappa shape index (κ3) is 3.68. The molecule has 1 amide bonds. The standard InChI is InChI=1S/C14H15N3O3/c1-9-7-13(17-20-9)15-8-14(19)16-12-5-3-11(4-6-12)10(2)18/h3-7H,8H2,1-2H3,(H,15,17)(H,16,19). The predicted octanol–water partition coefficient (Wildman–Crippen LogP) is 2.24. The van der Waals surface area contributed by atoms with Crippen LogP contribution < -0.4 is 10.6 Å². The van der Waals surface area contributed by atoms with E-state index in [4.69, 9.17) is 4.52 Å². The van der Waals surface area contributed by atoms with E-state index in [9.17, 15) is 9.59 Å². The number of amides is 1. The molecule has 0 aliphatic carbocycles. The number of hydrogen-bond donors (Lipinski definition) is 2. The van der Waals surface area contributed by atoms with Crippen molar-refractivity contribution >= 4 is 23.2 Å². The molecule has 1 heterocycles. The van der Waals surface area contributed by atoms with Gasteiger partial charge in [-0.05, 0) is 38.1 Å². The summed E-state index contributed by atoms with van der Waals surface area (Å²) >= 11 is 0. The van der Waals surface area contributed by atoms with Crippen molar-refractivity contribution in [2.24, 2.45) is 0 Å². The zero-order valence-corrected chi connectivity index (χ0v) is 11.3. The van der Waals surface area contributed by atoms with Crippen molar-refractivity contribution in [3.05, 3.63) is 41.7 Å². The van der Waals surface area contributed by atoms with Crippen LogP contribution in [-0.4, -0.2) is 23.4 Å². The number of anilines is 2. The minimum atomic E-state index is -0.207. The second-order valence-corrected chi connectivity index (χ2v) is 4.36. The molecule has 0 saturated carbocycles. The smallest absolute Gasteiger partial charge is 0.243 e. The number of aromatic nitrogens is 1. The van der Waals surface area contributed by atoms with Gasteiger partial charge in [0.25, 0.3) is 0 Å². The number of nitrogens with zero attached hydrogens (tertiary/aromatic N) is 1. The predicted molar refractivity (Wildman–Crippen MR) is 74.8 cm³/mol. The van der Waals surface area contributed by atoms with Crippen LogP contribution in [0.3, 0.4) is 0 Å². The Morgan fingerprint density at radius 2 is 1.95 bits per heavy atom. The summed E-state index contributed by atoms with van der Waals surface area (Å²) in [6.07, 6.45) is 0. The molecule has 104 valence electrons. The summed E-state index contributed by atoms with van der Waals surface area (Å²) in [7, 11) is 0. The first-order chi connectivity index (χ1) is 9.54. The number of carbonyl (C=O) groups excluding carboxylic acids is 2. The fourth-order valence-corrected chi connectivity index (χ4v) is 1.61. The Bertz CT molecular complexity index is 617. The molecule has 0 spiro atoms. The molecular weight excluding hydrogens is 258 g/mol. The number of benzene rings is 1. The molecule has 2 rings (SSSR count). The van der Waals surface area contributed by atoms with E-state index in [-0.39, 0.29) is 18.2 Å². The Hall–Kier alpha value is -2.63. The fraction of sp³-hybridized carbons (Fsp3) is 0.214. The molecular formula is C14H15N3O3. The number of nitrogens with one attached hydrogen (secondary N) is 2. The highest BCUT2D eigenvalue weighted by molar-refractivity contribution is 5.96. The molecule has 2 N–H and O–H groups in total. The van der Waals surface area contributed by atoms with Gasteiger partial charge in [-0.3, -0.25) is 9.59 Å². The lowest BCUT2D eigenvalue weighted by molar-refractivity contribution is -0.114. The van der Waals surface area contributed by atoms with Gasteiger partial charge < -0.3 is 15.2 Å². The van der Waals surface area contributed by atoms with Gasteiger partial charge in [-0.1, -0.05) is 5.16 Å². The average molecular weight is 273 g/mol. The van der Waals surface area contributed by atoms with Gasteiger partial charge >= 0.3 is 0 Å². The van der Waals surface area contributed by atoms with E-state index in [1.165, 1.54) is 6.92 Å². The van der Waals surface area contributed by atoms with Crippen LogP contribution in [0.2, 0.25) is 0 Å². The first kappa shape index (κ1) is 13.8. The maximum absolute atomic E-state index is 11.7. The van der Waals surface area contributed by atoms with Crippen LogP contribution in [0.15, 0.2) is 34.9 Å². The lowest BCUT2D eigenvalue weighted by Crippen LogP contribution is -2.21. The fourth-order valence-electron chi connectivity index (χ4n) is 1.61. The third-order valence-corrected chi connectivity index (χ3v) is 2.63. The van der Waals surface area contributed by atoms with E-state index < -0.39 is 0 Å². The van der Waals surface area contributed by atoms with Crippen molar-refractivity contribution in [3.8, 4) is 0 Å². The van der Waals surface area contributed by atoms with Crippen LogP contribution >= 0.6 is 0 Å². The lowest BCUT2D eigenvalue weighted by atomic mass is 10.1. The van der Waals surface area contributed by atoms with E-state index >= 15 is 0 Å². The van der Waals surface area contributed by atoms with E-state index in [0.717, 1.165) is 0 Å². The first-order valence-electron chi connectivity index (χ1n) is 6.12. The SMILES string of the molecule is CC(=O)c1ccc(NC(=O)CNc2cc(C)on2)cc1. The van der Waals surface area contributed by atoms with Gasteiger partial charge in [0.2, 0.25) is 5.91 Å². The van der Waals surface area contributed by atoms with Crippen LogP contribution in [0.1, 0.15) is 23.0 Å². The van der Waals surface area contributed by atoms with Gasteiger partial charge in [0.05, 0.1) is 6.54 Å². The molecule has 6 nitrogen and oxygen atoms in total. The molecule has 1 aromatic carbocycles. The monoisotopic (exact) mass is 273 g/mol. The van der Waals surface area contributed by atoms with Crippen LogP contribution in [0.4, 0.5) is 11.5 Å². The number of carbonyl (C=O) groups is 2. The number of Topliss-reactive ketones (excluding diaryl/α,β-unsaturated/α-hetero) is 1. The molecule has 0 saturated heterocycles. The summed E-state index contributed by atoms with van der Waals surface area (Å²) < 4.78 is 4.87. The topological polar surface area (TPSA) is 84.2 Å². The number of aryl methyl sites for hydroxylation is 1. The van der Waals surface area contributed by atoms with Crippen LogP contribution in [-0.2, 0) is 4.79 Å². The second-order valence-electron chi connectivity index (χ2n) is 4.36. The molecule has 0 aliphatic heterocycles. The van der Waals surface area contributed by atoms with Gasteiger partial charge in [0.1, 0.15) is 5.76 Å². The second kappa shape index (κ2) is 6.01. The average Bonchev–Trinajstić information content (AvgIpc) is 2.83. The molecule has 1 aromatic heterocycles. The van der Waals surface area contributed by atoms with Gasteiger partial charge in [0, 0.05) is 17.3 Å². The molecule has 2 aromatic rings.